The first kappa shape index (κ1) is 14.3. The third-order valence-corrected chi connectivity index (χ3v) is 2.49. The summed E-state index contributed by atoms with van der Waals surface area (Å²) in [6, 6.07) is 5.07. The lowest BCUT2D eigenvalue weighted by molar-refractivity contribution is 0.0322. The highest BCUT2D eigenvalue weighted by molar-refractivity contribution is 6.30. The molecule has 1 aromatic rings. The van der Waals surface area contributed by atoms with Crippen LogP contribution < -0.4 is 10.5 Å². The quantitative estimate of drug-likeness (QED) is 0.817. The summed E-state index contributed by atoms with van der Waals surface area (Å²) in [6.45, 7) is 2.25. The Balaban J connectivity index is 2.70. The van der Waals surface area contributed by atoms with Gasteiger partial charge in [0, 0.05) is 23.7 Å². The molecule has 0 aliphatic rings. The highest BCUT2D eigenvalue weighted by Gasteiger charge is 2.11. The van der Waals surface area contributed by atoms with Crippen LogP contribution in [0.15, 0.2) is 18.2 Å². The van der Waals surface area contributed by atoms with E-state index in [1.54, 1.807) is 18.2 Å². The van der Waals surface area contributed by atoms with Crippen LogP contribution >= 0.6 is 11.6 Å². The SMILES string of the molecule is COCC(O)COc1ccc(Cl)cc1C(C)N. The molecule has 0 radical (unpaired) electrons. The summed E-state index contributed by atoms with van der Waals surface area (Å²) in [5.41, 5.74) is 6.64. The van der Waals surface area contributed by atoms with E-state index in [1.807, 2.05) is 6.92 Å². The molecule has 1 aromatic carbocycles. The van der Waals surface area contributed by atoms with E-state index < -0.39 is 6.10 Å². The molecule has 0 heterocycles. The van der Waals surface area contributed by atoms with E-state index in [1.165, 1.54) is 7.11 Å². The van der Waals surface area contributed by atoms with E-state index in [4.69, 9.17) is 26.8 Å². The van der Waals surface area contributed by atoms with Gasteiger partial charge in [-0.1, -0.05) is 11.6 Å². The van der Waals surface area contributed by atoms with Gasteiger partial charge in [-0.25, -0.2) is 0 Å². The van der Waals surface area contributed by atoms with E-state index in [0.29, 0.717) is 10.8 Å². The molecule has 0 saturated carbocycles. The molecule has 0 fully saturated rings. The minimum absolute atomic E-state index is 0.162. The maximum Gasteiger partial charge on any atom is 0.124 e. The minimum atomic E-state index is -0.656. The second-order valence-corrected chi connectivity index (χ2v) is 4.33. The summed E-state index contributed by atoms with van der Waals surface area (Å²) in [5.74, 6) is 0.638. The number of hydrogen-bond acceptors (Lipinski definition) is 4. The molecule has 96 valence electrons. The first-order valence-electron chi connectivity index (χ1n) is 5.39. The van der Waals surface area contributed by atoms with Gasteiger partial charge in [-0.05, 0) is 25.1 Å². The Bertz CT molecular complexity index is 358. The van der Waals surface area contributed by atoms with E-state index >= 15 is 0 Å². The monoisotopic (exact) mass is 259 g/mol. The van der Waals surface area contributed by atoms with Crippen LogP contribution in [0.5, 0.6) is 5.75 Å². The van der Waals surface area contributed by atoms with Gasteiger partial charge < -0.3 is 20.3 Å². The minimum Gasteiger partial charge on any atom is -0.490 e. The first-order chi connectivity index (χ1) is 8.04. The van der Waals surface area contributed by atoms with Gasteiger partial charge in [-0.15, -0.1) is 0 Å². The van der Waals surface area contributed by atoms with Crippen molar-refractivity contribution in [2.45, 2.75) is 19.1 Å². The van der Waals surface area contributed by atoms with Crippen LogP contribution in [0.25, 0.3) is 0 Å². The fraction of sp³-hybridized carbons (Fsp3) is 0.500. The molecule has 0 aliphatic carbocycles. The maximum absolute atomic E-state index is 9.49. The van der Waals surface area contributed by atoms with Crippen molar-refractivity contribution >= 4 is 11.6 Å². The Labute approximate surface area is 106 Å². The predicted octanol–water partition coefficient (Wildman–Crippen LogP) is 1.75. The number of hydrogen-bond donors (Lipinski definition) is 2. The first-order valence-corrected chi connectivity index (χ1v) is 5.77. The van der Waals surface area contributed by atoms with Gasteiger partial charge in [-0.3, -0.25) is 0 Å². The topological polar surface area (TPSA) is 64.7 Å². The van der Waals surface area contributed by atoms with Crippen molar-refractivity contribution in [3.05, 3.63) is 28.8 Å². The summed E-state index contributed by atoms with van der Waals surface area (Å²) >= 11 is 5.89. The Morgan fingerprint density at radius 1 is 1.41 bits per heavy atom. The number of benzene rings is 1. The molecule has 0 spiro atoms. The van der Waals surface area contributed by atoms with Gasteiger partial charge in [-0.2, -0.15) is 0 Å². The number of aliphatic hydroxyl groups is 1. The molecule has 5 heteroatoms. The standard InChI is InChI=1S/C12H18ClNO3/c1-8(14)11-5-9(13)3-4-12(11)17-7-10(15)6-16-2/h3-5,8,10,15H,6-7,14H2,1-2H3. The summed E-state index contributed by atoms with van der Waals surface area (Å²) < 4.78 is 10.3. The van der Waals surface area contributed by atoms with E-state index in [9.17, 15) is 5.11 Å². The molecule has 0 aromatic heterocycles. The molecular formula is C12H18ClNO3. The number of nitrogens with two attached hydrogens (primary N) is 1. The van der Waals surface area contributed by atoms with Crippen molar-refractivity contribution in [1.29, 1.82) is 0 Å². The zero-order chi connectivity index (χ0) is 12.8. The lowest BCUT2D eigenvalue weighted by Gasteiger charge is -2.16. The van der Waals surface area contributed by atoms with Crippen molar-refractivity contribution in [2.24, 2.45) is 5.73 Å². The van der Waals surface area contributed by atoms with Gasteiger partial charge in [0.2, 0.25) is 0 Å². The molecule has 0 saturated heterocycles. The van der Waals surface area contributed by atoms with Gasteiger partial charge in [0.15, 0.2) is 0 Å². The molecule has 17 heavy (non-hydrogen) atoms. The van der Waals surface area contributed by atoms with Crippen molar-refractivity contribution in [1.82, 2.24) is 0 Å². The van der Waals surface area contributed by atoms with Gasteiger partial charge in [0.1, 0.15) is 18.5 Å². The molecule has 0 aliphatic heterocycles. The fourth-order valence-electron chi connectivity index (χ4n) is 1.43. The van der Waals surface area contributed by atoms with Crippen molar-refractivity contribution in [2.75, 3.05) is 20.3 Å². The van der Waals surface area contributed by atoms with Crippen LogP contribution in [0.4, 0.5) is 0 Å². The second kappa shape index (κ2) is 6.81. The Kier molecular flexibility index (Phi) is 5.71. The molecule has 0 bridgehead atoms. The summed E-state index contributed by atoms with van der Waals surface area (Å²) in [6.07, 6.45) is -0.656. The number of halogens is 1. The van der Waals surface area contributed by atoms with Crippen LogP contribution in [0.3, 0.4) is 0 Å². The predicted molar refractivity (Wildman–Crippen MR) is 67.4 cm³/mol. The maximum atomic E-state index is 9.49. The largest absolute Gasteiger partial charge is 0.490 e. The molecule has 4 nitrogen and oxygen atoms in total. The zero-order valence-corrected chi connectivity index (χ0v) is 10.8. The highest BCUT2D eigenvalue weighted by atomic mass is 35.5. The van der Waals surface area contributed by atoms with Crippen molar-refractivity contribution < 1.29 is 14.6 Å². The van der Waals surface area contributed by atoms with Crippen molar-refractivity contribution in [3.8, 4) is 5.75 Å². The van der Waals surface area contributed by atoms with E-state index in [2.05, 4.69) is 0 Å². The fourth-order valence-corrected chi connectivity index (χ4v) is 1.61. The molecule has 1 rings (SSSR count). The average Bonchev–Trinajstić information content (AvgIpc) is 2.27. The van der Waals surface area contributed by atoms with Crippen LogP contribution in [0.1, 0.15) is 18.5 Å². The van der Waals surface area contributed by atoms with E-state index in [-0.39, 0.29) is 19.3 Å². The lowest BCUT2D eigenvalue weighted by atomic mass is 10.1. The van der Waals surface area contributed by atoms with Crippen LogP contribution in [0, 0.1) is 0 Å². The van der Waals surface area contributed by atoms with Crippen LogP contribution in [0.2, 0.25) is 5.02 Å². The van der Waals surface area contributed by atoms with Crippen LogP contribution in [-0.4, -0.2) is 31.5 Å². The number of aliphatic hydroxyl groups excluding tert-OH is 1. The third-order valence-electron chi connectivity index (χ3n) is 2.25. The van der Waals surface area contributed by atoms with E-state index in [0.717, 1.165) is 5.56 Å². The Hall–Kier alpha value is -0.810. The highest BCUT2D eigenvalue weighted by Crippen LogP contribution is 2.27. The lowest BCUT2D eigenvalue weighted by Crippen LogP contribution is -2.23. The number of rotatable bonds is 6. The normalized spacial score (nSPS) is 14.4. The zero-order valence-electron chi connectivity index (χ0n) is 10.0. The van der Waals surface area contributed by atoms with Crippen LogP contribution in [-0.2, 0) is 4.74 Å². The summed E-state index contributed by atoms with van der Waals surface area (Å²) in [7, 11) is 1.53. The molecule has 3 N–H and O–H groups in total. The average molecular weight is 260 g/mol. The summed E-state index contributed by atoms with van der Waals surface area (Å²) in [5, 5.41) is 10.1. The smallest absolute Gasteiger partial charge is 0.124 e. The Morgan fingerprint density at radius 2 is 2.12 bits per heavy atom. The van der Waals surface area contributed by atoms with Gasteiger partial charge in [0.05, 0.1) is 6.61 Å². The molecule has 0 amide bonds. The molecule has 2 unspecified atom stereocenters. The number of ether oxygens (including phenoxy) is 2. The molecule has 2 atom stereocenters. The van der Waals surface area contributed by atoms with Gasteiger partial charge in [0.25, 0.3) is 0 Å². The Morgan fingerprint density at radius 3 is 2.71 bits per heavy atom. The molecular weight excluding hydrogens is 242 g/mol. The second-order valence-electron chi connectivity index (χ2n) is 3.89. The summed E-state index contributed by atoms with van der Waals surface area (Å²) in [4.78, 5) is 0. The number of methoxy groups -OCH3 is 1. The van der Waals surface area contributed by atoms with Gasteiger partial charge >= 0.3 is 0 Å². The third kappa shape index (κ3) is 4.52. The van der Waals surface area contributed by atoms with Crippen molar-refractivity contribution in [3.63, 3.8) is 0 Å².